The quantitative estimate of drug-likeness (QED) is 0.781. The maximum Gasteiger partial charge on any atom is 0.310 e. The molecule has 1 amide bonds. The Balaban J connectivity index is 1.75. The Bertz CT molecular complexity index is 512. The number of carbonyl (C=O) groups is 2. The van der Waals surface area contributed by atoms with Crippen LogP contribution in [0.25, 0.3) is 0 Å². The van der Waals surface area contributed by atoms with E-state index in [-0.39, 0.29) is 24.9 Å². The van der Waals surface area contributed by atoms with Gasteiger partial charge in [-0.3, -0.25) is 9.59 Å². The smallest absolute Gasteiger partial charge is 0.310 e. The Morgan fingerprint density at radius 1 is 1.27 bits per heavy atom. The third-order valence-corrected chi connectivity index (χ3v) is 3.87. The number of benzene rings is 1. The van der Waals surface area contributed by atoms with Gasteiger partial charge in [-0.2, -0.15) is 0 Å². The van der Waals surface area contributed by atoms with Crippen molar-refractivity contribution in [1.82, 2.24) is 4.90 Å². The van der Waals surface area contributed by atoms with Crippen LogP contribution in [0.2, 0.25) is 0 Å². The van der Waals surface area contributed by atoms with E-state index in [9.17, 15) is 9.59 Å². The predicted molar refractivity (Wildman–Crippen MR) is 82.6 cm³/mol. The second kappa shape index (κ2) is 7.82. The minimum Gasteiger partial charge on any atom is -0.497 e. The van der Waals surface area contributed by atoms with Crippen molar-refractivity contribution in [2.24, 2.45) is 5.92 Å². The van der Waals surface area contributed by atoms with Crippen LogP contribution in [0, 0.1) is 5.92 Å². The number of carbonyl (C=O) groups excluding carboxylic acids is 2. The standard InChI is InChI=1S/C17H23NO4/c1-13-4-3-9-18(11-13)16(19)12-22-17(20)10-14-5-7-15(21-2)8-6-14/h5-8,13H,3-4,9-12H2,1-2H3/t13-/m0/s1. The summed E-state index contributed by atoms with van der Waals surface area (Å²) in [7, 11) is 1.59. The lowest BCUT2D eigenvalue weighted by molar-refractivity contribution is -0.152. The lowest BCUT2D eigenvalue weighted by Crippen LogP contribution is -2.41. The van der Waals surface area contributed by atoms with E-state index in [4.69, 9.17) is 9.47 Å². The van der Waals surface area contributed by atoms with Crippen LogP contribution < -0.4 is 4.74 Å². The first kappa shape index (κ1) is 16.3. The molecule has 1 saturated heterocycles. The van der Waals surface area contributed by atoms with Crippen molar-refractivity contribution < 1.29 is 19.1 Å². The number of methoxy groups -OCH3 is 1. The summed E-state index contributed by atoms with van der Waals surface area (Å²) >= 11 is 0. The number of amides is 1. The van der Waals surface area contributed by atoms with Crippen LogP contribution in [-0.4, -0.2) is 43.6 Å². The number of nitrogens with zero attached hydrogens (tertiary/aromatic N) is 1. The van der Waals surface area contributed by atoms with Gasteiger partial charge in [0.2, 0.25) is 0 Å². The zero-order valence-corrected chi connectivity index (χ0v) is 13.2. The van der Waals surface area contributed by atoms with Crippen LogP contribution in [0.1, 0.15) is 25.3 Å². The average molecular weight is 305 g/mol. The molecule has 1 fully saturated rings. The van der Waals surface area contributed by atoms with Crippen molar-refractivity contribution >= 4 is 11.9 Å². The van der Waals surface area contributed by atoms with Crippen molar-refractivity contribution in [3.63, 3.8) is 0 Å². The van der Waals surface area contributed by atoms with Crippen LogP contribution in [0.5, 0.6) is 5.75 Å². The van der Waals surface area contributed by atoms with Crippen LogP contribution in [0.4, 0.5) is 0 Å². The second-order valence-electron chi connectivity index (χ2n) is 5.77. The number of likely N-dealkylation sites (tertiary alicyclic amines) is 1. The normalized spacial score (nSPS) is 17.9. The molecule has 0 bridgehead atoms. The van der Waals surface area contributed by atoms with Gasteiger partial charge in [-0.1, -0.05) is 19.1 Å². The number of rotatable bonds is 5. The monoisotopic (exact) mass is 305 g/mol. The zero-order valence-electron chi connectivity index (χ0n) is 13.2. The van der Waals surface area contributed by atoms with Gasteiger partial charge < -0.3 is 14.4 Å². The highest BCUT2D eigenvalue weighted by molar-refractivity contribution is 5.81. The van der Waals surface area contributed by atoms with E-state index in [1.165, 1.54) is 0 Å². The van der Waals surface area contributed by atoms with Gasteiger partial charge in [-0.05, 0) is 36.5 Å². The molecule has 0 unspecified atom stereocenters. The molecule has 1 aliphatic heterocycles. The lowest BCUT2D eigenvalue weighted by atomic mass is 10.0. The molecule has 0 aromatic heterocycles. The van der Waals surface area contributed by atoms with Gasteiger partial charge in [0.05, 0.1) is 13.5 Å². The van der Waals surface area contributed by atoms with E-state index in [0.29, 0.717) is 5.92 Å². The molecule has 0 radical (unpaired) electrons. The summed E-state index contributed by atoms with van der Waals surface area (Å²) < 4.78 is 10.2. The van der Waals surface area contributed by atoms with Gasteiger partial charge in [0.1, 0.15) is 5.75 Å². The van der Waals surface area contributed by atoms with Crippen molar-refractivity contribution in [3.05, 3.63) is 29.8 Å². The first-order valence-electron chi connectivity index (χ1n) is 7.65. The highest BCUT2D eigenvalue weighted by Crippen LogP contribution is 2.15. The molecule has 0 saturated carbocycles. The van der Waals surface area contributed by atoms with Crippen molar-refractivity contribution in [1.29, 1.82) is 0 Å². The highest BCUT2D eigenvalue weighted by Gasteiger charge is 2.21. The summed E-state index contributed by atoms with van der Waals surface area (Å²) in [5.74, 6) is 0.775. The van der Waals surface area contributed by atoms with Gasteiger partial charge in [0, 0.05) is 13.1 Å². The van der Waals surface area contributed by atoms with Crippen LogP contribution in [-0.2, 0) is 20.7 Å². The molecule has 1 heterocycles. The van der Waals surface area contributed by atoms with Crippen molar-refractivity contribution in [3.8, 4) is 5.75 Å². The Morgan fingerprint density at radius 2 is 2.00 bits per heavy atom. The van der Waals surface area contributed by atoms with Crippen LogP contribution >= 0.6 is 0 Å². The van der Waals surface area contributed by atoms with Gasteiger partial charge in [0.15, 0.2) is 6.61 Å². The van der Waals surface area contributed by atoms with E-state index < -0.39 is 0 Å². The van der Waals surface area contributed by atoms with E-state index in [0.717, 1.165) is 37.2 Å². The molecule has 5 nitrogen and oxygen atoms in total. The van der Waals surface area contributed by atoms with Crippen molar-refractivity contribution in [2.45, 2.75) is 26.2 Å². The molecule has 0 spiro atoms. The number of ether oxygens (including phenoxy) is 2. The molecule has 2 rings (SSSR count). The average Bonchev–Trinajstić information content (AvgIpc) is 2.53. The van der Waals surface area contributed by atoms with Gasteiger partial charge in [-0.15, -0.1) is 0 Å². The predicted octanol–water partition coefficient (Wildman–Crippen LogP) is 2.04. The van der Waals surface area contributed by atoms with Gasteiger partial charge in [0.25, 0.3) is 5.91 Å². The molecule has 1 aliphatic rings. The molecule has 120 valence electrons. The Labute approximate surface area is 131 Å². The second-order valence-corrected chi connectivity index (χ2v) is 5.77. The first-order chi connectivity index (χ1) is 10.6. The molecule has 1 aromatic rings. The largest absolute Gasteiger partial charge is 0.497 e. The fourth-order valence-corrected chi connectivity index (χ4v) is 2.61. The number of hydrogen-bond donors (Lipinski definition) is 0. The molecule has 5 heteroatoms. The Hall–Kier alpha value is -2.04. The van der Waals surface area contributed by atoms with E-state index in [2.05, 4.69) is 6.92 Å². The number of piperidine rings is 1. The summed E-state index contributed by atoms with van der Waals surface area (Å²) in [6.07, 6.45) is 2.33. The lowest BCUT2D eigenvalue weighted by Gasteiger charge is -2.30. The third kappa shape index (κ3) is 4.76. The van der Waals surface area contributed by atoms with E-state index in [1.54, 1.807) is 24.1 Å². The maximum absolute atomic E-state index is 12.0. The molecule has 1 atom stereocenters. The summed E-state index contributed by atoms with van der Waals surface area (Å²) in [6.45, 7) is 3.49. The topological polar surface area (TPSA) is 55.8 Å². The highest BCUT2D eigenvalue weighted by atomic mass is 16.5. The minimum absolute atomic E-state index is 0.102. The SMILES string of the molecule is COc1ccc(CC(=O)OCC(=O)N2CCC[C@H](C)C2)cc1. The molecular weight excluding hydrogens is 282 g/mol. The van der Waals surface area contributed by atoms with E-state index >= 15 is 0 Å². The third-order valence-electron chi connectivity index (χ3n) is 3.87. The summed E-state index contributed by atoms with van der Waals surface area (Å²) in [4.78, 5) is 25.6. The number of hydrogen-bond acceptors (Lipinski definition) is 4. The van der Waals surface area contributed by atoms with Crippen LogP contribution in [0.15, 0.2) is 24.3 Å². The Kier molecular flexibility index (Phi) is 5.81. The maximum atomic E-state index is 12.0. The Morgan fingerprint density at radius 3 is 2.64 bits per heavy atom. The molecule has 22 heavy (non-hydrogen) atoms. The van der Waals surface area contributed by atoms with Gasteiger partial charge in [-0.25, -0.2) is 0 Å². The first-order valence-corrected chi connectivity index (χ1v) is 7.65. The molecule has 0 aliphatic carbocycles. The van der Waals surface area contributed by atoms with E-state index in [1.807, 2.05) is 12.1 Å². The minimum atomic E-state index is -0.386. The zero-order chi connectivity index (χ0) is 15.9. The fourth-order valence-electron chi connectivity index (χ4n) is 2.61. The summed E-state index contributed by atoms with van der Waals surface area (Å²) in [6, 6.07) is 7.22. The summed E-state index contributed by atoms with van der Waals surface area (Å²) in [5.41, 5.74) is 0.838. The van der Waals surface area contributed by atoms with Crippen molar-refractivity contribution in [2.75, 3.05) is 26.8 Å². The molecule has 1 aromatic carbocycles. The van der Waals surface area contributed by atoms with Crippen LogP contribution in [0.3, 0.4) is 0 Å². The number of esters is 1. The molecule has 0 N–H and O–H groups in total. The molecular formula is C17H23NO4. The fraction of sp³-hybridized carbons (Fsp3) is 0.529. The summed E-state index contributed by atoms with van der Waals surface area (Å²) in [5, 5.41) is 0. The van der Waals surface area contributed by atoms with Gasteiger partial charge >= 0.3 is 5.97 Å².